The second-order valence-corrected chi connectivity index (χ2v) is 8.21. The van der Waals surface area contributed by atoms with E-state index >= 15 is 0 Å². The molecule has 0 spiro atoms. The van der Waals surface area contributed by atoms with Gasteiger partial charge in [-0.25, -0.2) is 0 Å². The van der Waals surface area contributed by atoms with Gasteiger partial charge in [0.25, 0.3) is 0 Å². The lowest BCUT2D eigenvalue weighted by atomic mass is 9.67. The lowest BCUT2D eigenvalue weighted by Gasteiger charge is -2.47. The van der Waals surface area contributed by atoms with Crippen molar-refractivity contribution in [1.29, 1.82) is 0 Å². The van der Waals surface area contributed by atoms with E-state index in [1.54, 1.807) is 0 Å². The van der Waals surface area contributed by atoms with Crippen molar-refractivity contribution in [1.82, 2.24) is 15.5 Å². The van der Waals surface area contributed by atoms with Gasteiger partial charge in [0.1, 0.15) is 5.54 Å². The van der Waals surface area contributed by atoms with E-state index in [0.717, 1.165) is 51.7 Å². The van der Waals surface area contributed by atoms with Crippen LogP contribution >= 0.6 is 0 Å². The zero-order chi connectivity index (χ0) is 18.3. The van der Waals surface area contributed by atoms with Crippen LogP contribution in [0.3, 0.4) is 0 Å². The highest BCUT2D eigenvalue weighted by molar-refractivity contribution is 5.91. The van der Waals surface area contributed by atoms with Crippen LogP contribution in [-0.2, 0) is 9.59 Å². The number of carbonyl (C=O) groups excluding carboxylic acids is 2. The minimum absolute atomic E-state index is 0.0321. The number of nitrogens with one attached hydrogen (secondary N) is 2. The van der Waals surface area contributed by atoms with Gasteiger partial charge in [-0.15, -0.1) is 0 Å². The van der Waals surface area contributed by atoms with Gasteiger partial charge < -0.3 is 15.5 Å². The number of hydrogen-bond donors (Lipinski definition) is 2. The van der Waals surface area contributed by atoms with Crippen LogP contribution in [0.15, 0.2) is 0 Å². The van der Waals surface area contributed by atoms with Gasteiger partial charge in [-0.05, 0) is 51.1 Å². The van der Waals surface area contributed by atoms with E-state index in [1.165, 1.54) is 26.2 Å². The van der Waals surface area contributed by atoms with Crippen LogP contribution in [0.25, 0.3) is 0 Å². The molecule has 0 aromatic rings. The molecule has 144 valence electrons. The Morgan fingerprint density at radius 2 is 1.88 bits per heavy atom. The molecule has 2 aliphatic rings. The summed E-state index contributed by atoms with van der Waals surface area (Å²) in [6.07, 6.45) is 8.75. The van der Waals surface area contributed by atoms with Gasteiger partial charge in [0.2, 0.25) is 11.8 Å². The Kier molecular flexibility index (Phi) is 7.73. The summed E-state index contributed by atoms with van der Waals surface area (Å²) < 4.78 is 0. The average Bonchev–Trinajstić information content (AvgIpc) is 2.58. The summed E-state index contributed by atoms with van der Waals surface area (Å²) in [6.45, 7) is 9.73. The first kappa shape index (κ1) is 20.2. The van der Waals surface area contributed by atoms with Gasteiger partial charge in [0, 0.05) is 25.9 Å². The third-order valence-corrected chi connectivity index (χ3v) is 5.92. The van der Waals surface area contributed by atoms with Crippen molar-refractivity contribution in [3.63, 3.8) is 0 Å². The van der Waals surface area contributed by atoms with Crippen LogP contribution in [0, 0.1) is 11.8 Å². The fourth-order valence-electron chi connectivity index (χ4n) is 4.59. The van der Waals surface area contributed by atoms with E-state index in [1.807, 2.05) is 0 Å². The molecule has 5 nitrogen and oxygen atoms in total. The van der Waals surface area contributed by atoms with Crippen molar-refractivity contribution >= 4 is 11.8 Å². The van der Waals surface area contributed by atoms with Crippen LogP contribution in [0.5, 0.6) is 0 Å². The molecule has 2 N–H and O–H groups in total. The highest BCUT2D eigenvalue weighted by atomic mass is 16.2. The topological polar surface area (TPSA) is 61.4 Å². The average molecular weight is 352 g/mol. The van der Waals surface area contributed by atoms with E-state index in [4.69, 9.17) is 0 Å². The Morgan fingerprint density at radius 3 is 2.52 bits per heavy atom. The van der Waals surface area contributed by atoms with E-state index in [9.17, 15) is 9.59 Å². The van der Waals surface area contributed by atoms with E-state index in [-0.39, 0.29) is 17.7 Å². The predicted molar refractivity (Wildman–Crippen MR) is 101 cm³/mol. The number of nitrogens with zero attached hydrogens (tertiary/aromatic N) is 1. The molecule has 1 saturated heterocycles. The van der Waals surface area contributed by atoms with Gasteiger partial charge in [-0.2, -0.15) is 0 Å². The van der Waals surface area contributed by atoms with Gasteiger partial charge >= 0.3 is 0 Å². The third-order valence-electron chi connectivity index (χ3n) is 5.92. The molecule has 0 radical (unpaired) electrons. The van der Waals surface area contributed by atoms with Crippen molar-refractivity contribution in [2.24, 2.45) is 11.8 Å². The molecule has 0 aromatic heterocycles. The van der Waals surface area contributed by atoms with Crippen LogP contribution < -0.4 is 10.6 Å². The first-order valence-electron chi connectivity index (χ1n) is 10.3. The number of amides is 2. The summed E-state index contributed by atoms with van der Waals surface area (Å²) in [6, 6.07) is 0. The van der Waals surface area contributed by atoms with Gasteiger partial charge in [-0.1, -0.05) is 33.1 Å². The fraction of sp³-hybridized carbons (Fsp3) is 0.900. The number of piperidine rings is 1. The largest absolute Gasteiger partial charge is 0.354 e. The molecular weight excluding hydrogens is 314 g/mol. The Labute approximate surface area is 153 Å². The molecule has 5 heteroatoms. The third kappa shape index (κ3) is 5.44. The van der Waals surface area contributed by atoms with Crippen LogP contribution in [0.2, 0.25) is 0 Å². The Hall–Kier alpha value is -1.10. The molecule has 1 saturated carbocycles. The van der Waals surface area contributed by atoms with Crippen molar-refractivity contribution in [3.8, 4) is 0 Å². The van der Waals surface area contributed by atoms with Crippen LogP contribution in [0.1, 0.15) is 72.1 Å². The van der Waals surface area contributed by atoms with E-state index in [2.05, 4.69) is 29.4 Å². The predicted octanol–water partition coefficient (Wildman–Crippen LogP) is 2.70. The smallest absolute Gasteiger partial charge is 0.246 e. The fourth-order valence-corrected chi connectivity index (χ4v) is 4.59. The van der Waals surface area contributed by atoms with Gasteiger partial charge in [-0.3, -0.25) is 9.59 Å². The maximum Gasteiger partial charge on any atom is 0.246 e. The highest BCUT2D eigenvalue weighted by Crippen LogP contribution is 2.38. The second-order valence-electron chi connectivity index (χ2n) is 8.21. The second kappa shape index (κ2) is 9.56. The SMILES string of the molecule is CCCCNC(=O)[C@@]1(NC(C)=O)C[C@H](C)CC[C@H]1CN1CCCCC1. The molecule has 0 unspecified atom stereocenters. The van der Waals surface area contributed by atoms with Crippen molar-refractivity contribution in [2.75, 3.05) is 26.2 Å². The summed E-state index contributed by atoms with van der Waals surface area (Å²) in [5, 5.41) is 6.23. The molecule has 1 aliphatic heterocycles. The quantitative estimate of drug-likeness (QED) is 0.693. The van der Waals surface area contributed by atoms with Crippen molar-refractivity contribution < 1.29 is 9.59 Å². The maximum atomic E-state index is 13.2. The zero-order valence-corrected chi connectivity index (χ0v) is 16.4. The number of unbranched alkanes of at least 4 members (excludes halogenated alkanes) is 1. The molecule has 1 aliphatic carbocycles. The van der Waals surface area contributed by atoms with E-state index in [0.29, 0.717) is 12.5 Å². The van der Waals surface area contributed by atoms with Crippen molar-refractivity contribution in [2.45, 2.75) is 77.7 Å². The number of rotatable bonds is 7. The molecule has 0 aromatic carbocycles. The summed E-state index contributed by atoms with van der Waals surface area (Å²) in [7, 11) is 0. The molecule has 2 fully saturated rings. The molecular formula is C20H37N3O2. The summed E-state index contributed by atoms with van der Waals surface area (Å²) >= 11 is 0. The molecule has 2 amide bonds. The minimum Gasteiger partial charge on any atom is -0.354 e. The Morgan fingerprint density at radius 1 is 1.16 bits per heavy atom. The maximum absolute atomic E-state index is 13.2. The first-order chi connectivity index (χ1) is 12.0. The molecule has 3 atom stereocenters. The highest BCUT2D eigenvalue weighted by Gasteiger charge is 2.49. The van der Waals surface area contributed by atoms with Crippen molar-refractivity contribution in [3.05, 3.63) is 0 Å². The lowest BCUT2D eigenvalue weighted by Crippen LogP contribution is -2.66. The van der Waals surface area contributed by atoms with Gasteiger partial charge in [0.05, 0.1) is 0 Å². The molecule has 2 rings (SSSR count). The normalized spacial score (nSPS) is 30.7. The zero-order valence-electron chi connectivity index (χ0n) is 16.4. The summed E-state index contributed by atoms with van der Waals surface area (Å²) in [4.78, 5) is 27.7. The molecule has 0 bridgehead atoms. The number of hydrogen-bond acceptors (Lipinski definition) is 3. The van der Waals surface area contributed by atoms with Crippen LogP contribution in [-0.4, -0.2) is 48.4 Å². The molecule has 1 heterocycles. The number of likely N-dealkylation sites (tertiary alicyclic amines) is 1. The van der Waals surface area contributed by atoms with E-state index < -0.39 is 5.54 Å². The molecule has 25 heavy (non-hydrogen) atoms. The Bertz CT molecular complexity index is 448. The monoisotopic (exact) mass is 351 g/mol. The summed E-state index contributed by atoms with van der Waals surface area (Å²) in [5.74, 6) is 0.599. The number of carbonyl (C=O) groups is 2. The Balaban J connectivity index is 2.18. The standard InChI is InChI=1S/C20H37N3O2/c1-4-5-11-21-19(25)20(22-17(3)24)14-16(2)9-10-18(20)15-23-12-7-6-8-13-23/h16,18H,4-15H2,1-3H3,(H,21,25)(H,22,24)/t16-,18+,20-/m1/s1. The minimum atomic E-state index is -0.741. The summed E-state index contributed by atoms with van der Waals surface area (Å²) in [5.41, 5.74) is -0.741. The lowest BCUT2D eigenvalue weighted by molar-refractivity contribution is -0.138. The first-order valence-corrected chi connectivity index (χ1v) is 10.3. The van der Waals surface area contributed by atoms with Gasteiger partial charge in [0.15, 0.2) is 0 Å². The van der Waals surface area contributed by atoms with Crippen LogP contribution in [0.4, 0.5) is 0 Å².